The van der Waals surface area contributed by atoms with Crippen LogP contribution in [0.5, 0.6) is 0 Å². The molecule has 1 aromatic carbocycles. The first-order chi connectivity index (χ1) is 11.4. The summed E-state index contributed by atoms with van der Waals surface area (Å²) < 4.78 is 0. The molecule has 132 valence electrons. The van der Waals surface area contributed by atoms with Gasteiger partial charge in [-0.3, -0.25) is 4.79 Å². The summed E-state index contributed by atoms with van der Waals surface area (Å²) in [7, 11) is 0. The number of carbonyl (C=O) groups excluding carboxylic acids is 1. The third-order valence-electron chi connectivity index (χ3n) is 4.30. The van der Waals surface area contributed by atoms with Gasteiger partial charge < -0.3 is 10.4 Å². The molecule has 0 aliphatic rings. The number of aryl methyl sites for hydroxylation is 2. The van der Waals surface area contributed by atoms with E-state index >= 15 is 0 Å². The number of nitrogens with one attached hydrogen (secondary N) is 1. The first-order valence-corrected chi connectivity index (χ1v) is 8.60. The van der Waals surface area contributed by atoms with E-state index in [9.17, 15) is 14.7 Å². The Bertz CT molecular complexity index is 566. The Hall–Kier alpha value is -2.10. The second-order valence-electron chi connectivity index (χ2n) is 6.49. The Morgan fingerprint density at radius 2 is 1.96 bits per heavy atom. The summed E-state index contributed by atoms with van der Waals surface area (Å²) in [4.78, 5) is 23.9. The normalized spacial score (nSPS) is 13.3. The van der Waals surface area contributed by atoms with Gasteiger partial charge in [0.25, 0.3) is 0 Å². The molecule has 4 nitrogen and oxygen atoms in total. The predicted molar refractivity (Wildman–Crippen MR) is 96.8 cm³/mol. The molecule has 0 aromatic heterocycles. The Morgan fingerprint density at radius 1 is 1.29 bits per heavy atom. The zero-order valence-electron chi connectivity index (χ0n) is 14.9. The molecule has 0 radical (unpaired) electrons. The second-order valence-corrected chi connectivity index (χ2v) is 6.49. The van der Waals surface area contributed by atoms with Gasteiger partial charge in [0.15, 0.2) is 0 Å². The lowest BCUT2D eigenvalue weighted by molar-refractivity contribution is -0.142. The number of rotatable bonds is 10. The van der Waals surface area contributed by atoms with Crippen LogP contribution in [0, 0.1) is 11.8 Å². The molecule has 0 bridgehead atoms. The van der Waals surface area contributed by atoms with Crippen LogP contribution in [-0.2, 0) is 22.4 Å². The summed E-state index contributed by atoms with van der Waals surface area (Å²) in [5.41, 5.74) is 2.33. The molecule has 0 fully saturated rings. The summed E-state index contributed by atoms with van der Waals surface area (Å²) >= 11 is 0. The van der Waals surface area contributed by atoms with Crippen LogP contribution in [0.3, 0.4) is 0 Å². The van der Waals surface area contributed by atoms with Crippen molar-refractivity contribution in [2.75, 3.05) is 0 Å². The highest BCUT2D eigenvalue weighted by molar-refractivity contribution is 5.85. The first kappa shape index (κ1) is 19.9. The van der Waals surface area contributed by atoms with Crippen molar-refractivity contribution in [2.24, 2.45) is 11.8 Å². The van der Waals surface area contributed by atoms with E-state index in [1.807, 2.05) is 26.0 Å². The fourth-order valence-electron chi connectivity index (χ4n) is 2.71. The van der Waals surface area contributed by atoms with Crippen molar-refractivity contribution < 1.29 is 14.7 Å². The third-order valence-corrected chi connectivity index (χ3v) is 4.30. The Morgan fingerprint density at radius 3 is 2.50 bits per heavy atom. The van der Waals surface area contributed by atoms with Crippen molar-refractivity contribution in [1.82, 2.24) is 5.32 Å². The lowest BCUT2D eigenvalue weighted by atomic mass is 9.91. The average Bonchev–Trinajstić information content (AvgIpc) is 2.55. The minimum atomic E-state index is -0.990. The fourth-order valence-corrected chi connectivity index (χ4v) is 2.71. The van der Waals surface area contributed by atoms with Crippen molar-refractivity contribution in [3.8, 4) is 0 Å². The first-order valence-electron chi connectivity index (χ1n) is 8.60. The van der Waals surface area contributed by atoms with Crippen LogP contribution in [0.25, 0.3) is 0 Å². The topological polar surface area (TPSA) is 66.4 Å². The molecule has 0 heterocycles. The van der Waals surface area contributed by atoms with Gasteiger partial charge in [0, 0.05) is 5.92 Å². The van der Waals surface area contributed by atoms with E-state index in [-0.39, 0.29) is 17.7 Å². The molecule has 0 saturated carbocycles. The molecule has 1 amide bonds. The lowest BCUT2D eigenvalue weighted by Crippen LogP contribution is -2.44. The predicted octanol–water partition coefficient (Wildman–Crippen LogP) is 3.60. The smallest absolute Gasteiger partial charge is 0.326 e. The number of amides is 1. The maximum Gasteiger partial charge on any atom is 0.326 e. The maximum absolute atomic E-state index is 12.4. The average molecular weight is 331 g/mol. The standard InChI is InChI=1S/C20H29NO3/c1-5-8-17(14(3)4)19(22)21-18(20(23)24)12-11-16-10-7-9-15(6-2)13-16/h5,7,9-10,13-14,17-18H,1,6,8,11-12H2,2-4H3,(H,21,22)(H,23,24)/t17-,18?/m1/s1. The highest BCUT2D eigenvalue weighted by Gasteiger charge is 2.26. The number of benzene rings is 1. The van der Waals surface area contributed by atoms with Crippen LogP contribution < -0.4 is 5.32 Å². The van der Waals surface area contributed by atoms with Crippen molar-refractivity contribution in [3.05, 3.63) is 48.0 Å². The summed E-state index contributed by atoms with van der Waals surface area (Å²) in [6.45, 7) is 9.68. The second kappa shape index (κ2) is 9.91. The highest BCUT2D eigenvalue weighted by Crippen LogP contribution is 2.17. The van der Waals surface area contributed by atoms with Gasteiger partial charge in [-0.1, -0.05) is 51.1 Å². The molecule has 2 atom stereocenters. The summed E-state index contributed by atoms with van der Waals surface area (Å²) in [6, 6.07) is 7.27. The molecule has 24 heavy (non-hydrogen) atoms. The Kier molecular flexibility index (Phi) is 8.24. The van der Waals surface area contributed by atoms with Crippen LogP contribution in [0.15, 0.2) is 36.9 Å². The zero-order valence-corrected chi connectivity index (χ0v) is 14.9. The molecular weight excluding hydrogens is 302 g/mol. The minimum absolute atomic E-state index is 0.138. The van der Waals surface area contributed by atoms with Gasteiger partial charge in [-0.05, 0) is 42.7 Å². The van der Waals surface area contributed by atoms with Gasteiger partial charge in [0.2, 0.25) is 5.91 Å². The number of hydrogen-bond donors (Lipinski definition) is 2. The Labute approximate surface area is 145 Å². The number of carbonyl (C=O) groups is 2. The van der Waals surface area contributed by atoms with Crippen LogP contribution in [0.2, 0.25) is 0 Å². The summed E-state index contributed by atoms with van der Waals surface area (Å²) in [5.74, 6) is -1.30. The zero-order chi connectivity index (χ0) is 18.1. The SMILES string of the molecule is C=CC[C@@H](C(=O)NC(CCc1cccc(CC)c1)C(=O)O)C(C)C. The van der Waals surface area contributed by atoms with E-state index < -0.39 is 12.0 Å². The van der Waals surface area contributed by atoms with E-state index in [4.69, 9.17) is 0 Å². The fraction of sp³-hybridized carbons (Fsp3) is 0.500. The molecule has 1 rings (SSSR count). The molecule has 0 saturated heterocycles. The molecule has 0 aliphatic heterocycles. The van der Waals surface area contributed by atoms with Crippen LogP contribution >= 0.6 is 0 Å². The monoisotopic (exact) mass is 331 g/mol. The Balaban J connectivity index is 2.71. The van der Waals surface area contributed by atoms with Crippen LogP contribution in [-0.4, -0.2) is 23.0 Å². The van der Waals surface area contributed by atoms with Crippen LogP contribution in [0.1, 0.15) is 44.7 Å². The van der Waals surface area contributed by atoms with E-state index in [0.29, 0.717) is 19.3 Å². The maximum atomic E-state index is 12.4. The number of carboxylic acids is 1. The van der Waals surface area contributed by atoms with E-state index in [1.165, 1.54) is 5.56 Å². The quantitative estimate of drug-likeness (QED) is 0.644. The number of aliphatic carboxylic acids is 1. The molecule has 4 heteroatoms. The largest absolute Gasteiger partial charge is 0.480 e. The van der Waals surface area contributed by atoms with Gasteiger partial charge >= 0.3 is 5.97 Å². The lowest BCUT2D eigenvalue weighted by Gasteiger charge is -2.22. The summed E-state index contributed by atoms with van der Waals surface area (Å²) in [5, 5.41) is 12.1. The molecule has 1 aromatic rings. The van der Waals surface area contributed by atoms with Gasteiger partial charge in [-0.15, -0.1) is 6.58 Å². The molecular formula is C20H29NO3. The number of carboxylic acid groups (broad SMARTS) is 1. The molecule has 1 unspecified atom stereocenters. The summed E-state index contributed by atoms with van der Waals surface area (Å²) in [6.07, 6.45) is 4.21. The third kappa shape index (κ3) is 6.19. The van der Waals surface area contributed by atoms with Crippen molar-refractivity contribution in [3.63, 3.8) is 0 Å². The highest BCUT2D eigenvalue weighted by atomic mass is 16.4. The van der Waals surface area contributed by atoms with Gasteiger partial charge in [-0.2, -0.15) is 0 Å². The van der Waals surface area contributed by atoms with Crippen molar-refractivity contribution in [1.29, 1.82) is 0 Å². The van der Waals surface area contributed by atoms with Gasteiger partial charge in [-0.25, -0.2) is 4.79 Å². The van der Waals surface area contributed by atoms with Crippen molar-refractivity contribution in [2.45, 2.75) is 52.5 Å². The van der Waals surface area contributed by atoms with Crippen molar-refractivity contribution >= 4 is 11.9 Å². The number of allylic oxidation sites excluding steroid dienone is 1. The van der Waals surface area contributed by atoms with E-state index in [2.05, 4.69) is 31.0 Å². The molecule has 2 N–H and O–H groups in total. The van der Waals surface area contributed by atoms with Crippen LogP contribution in [0.4, 0.5) is 0 Å². The van der Waals surface area contributed by atoms with E-state index in [0.717, 1.165) is 12.0 Å². The van der Waals surface area contributed by atoms with E-state index in [1.54, 1.807) is 6.08 Å². The van der Waals surface area contributed by atoms with Gasteiger partial charge in [0.05, 0.1) is 0 Å². The number of hydrogen-bond acceptors (Lipinski definition) is 2. The molecule has 0 aliphatic carbocycles. The molecule has 0 spiro atoms. The minimum Gasteiger partial charge on any atom is -0.480 e. The van der Waals surface area contributed by atoms with Gasteiger partial charge in [0.1, 0.15) is 6.04 Å².